The summed E-state index contributed by atoms with van der Waals surface area (Å²) in [6.45, 7) is 1.06. The third kappa shape index (κ3) is 5.49. The molecule has 0 fully saturated rings. The van der Waals surface area contributed by atoms with Crippen LogP contribution in [-0.4, -0.2) is 51.2 Å². The van der Waals surface area contributed by atoms with Crippen molar-refractivity contribution >= 4 is 22.3 Å². The van der Waals surface area contributed by atoms with Crippen LogP contribution in [0.4, 0.5) is 24.7 Å². The average Bonchev–Trinajstić information content (AvgIpc) is 2.81. The summed E-state index contributed by atoms with van der Waals surface area (Å²) in [6, 6.07) is 11.4. The van der Waals surface area contributed by atoms with Gasteiger partial charge in [0.05, 0.1) is 23.6 Å². The molecule has 0 radical (unpaired) electrons. The Morgan fingerprint density at radius 2 is 1.69 bits per heavy atom. The minimum atomic E-state index is -4.83. The quantitative estimate of drug-likeness (QED) is 0.429. The lowest BCUT2D eigenvalue weighted by molar-refractivity contribution is -0.274. The molecule has 0 aliphatic carbocycles. The first-order valence-corrected chi connectivity index (χ1v) is 10.5. The fourth-order valence-corrected chi connectivity index (χ4v) is 3.38. The van der Waals surface area contributed by atoms with Gasteiger partial charge in [-0.2, -0.15) is 4.68 Å². The van der Waals surface area contributed by atoms with Crippen LogP contribution in [0.25, 0.3) is 16.5 Å². The number of hydrogen-bond acceptors (Lipinski definition) is 7. The summed E-state index contributed by atoms with van der Waals surface area (Å²) >= 11 is 0. The fraction of sp³-hybridized carbons (Fsp3) is 0.217. The molecule has 0 bridgehead atoms. The Morgan fingerprint density at radius 1 is 1.00 bits per heavy atom. The van der Waals surface area contributed by atoms with E-state index in [2.05, 4.69) is 20.1 Å². The van der Waals surface area contributed by atoms with E-state index in [-0.39, 0.29) is 22.8 Å². The van der Waals surface area contributed by atoms with Gasteiger partial charge in [-0.05, 0) is 44.4 Å². The SMILES string of the molecule is CN(C)CCn1cncc(Nc2nn(-c3ccc(OC(F)(F)F)cc3)c(=O)c3ccccc23)c1=O. The predicted molar refractivity (Wildman–Crippen MR) is 124 cm³/mol. The second-order valence-corrected chi connectivity index (χ2v) is 7.89. The molecule has 0 aliphatic heterocycles. The summed E-state index contributed by atoms with van der Waals surface area (Å²) in [4.78, 5) is 32.1. The van der Waals surface area contributed by atoms with Gasteiger partial charge in [0.1, 0.15) is 11.4 Å². The number of anilines is 2. The number of aromatic nitrogens is 4. The summed E-state index contributed by atoms with van der Waals surface area (Å²) in [5.41, 5.74) is -0.430. The van der Waals surface area contributed by atoms with Gasteiger partial charge in [0.2, 0.25) is 0 Å². The first-order chi connectivity index (χ1) is 16.6. The zero-order valence-corrected chi connectivity index (χ0v) is 18.8. The maximum atomic E-state index is 13.1. The number of hydrogen-bond donors (Lipinski definition) is 1. The molecule has 2 aromatic carbocycles. The second-order valence-electron chi connectivity index (χ2n) is 7.89. The van der Waals surface area contributed by atoms with Crippen LogP contribution < -0.4 is 21.2 Å². The molecule has 0 spiro atoms. The van der Waals surface area contributed by atoms with Crippen LogP contribution >= 0.6 is 0 Å². The number of alkyl halides is 3. The molecular formula is C23H21F3N6O3. The highest BCUT2D eigenvalue weighted by atomic mass is 19.4. The topological polar surface area (TPSA) is 94.3 Å². The van der Waals surface area contributed by atoms with E-state index in [1.807, 2.05) is 19.0 Å². The van der Waals surface area contributed by atoms with Crippen molar-refractivity contribution < 1.29 is 17.9 Å². The molecule has 0 saturated carbocycles. The molecule has 0 atom stereocenters. The number of benzene rings is 2. The maximum Gasteiger partial charge on any atom is 0.573 e. The lowest BCUT2D eigenvalue weighted by Gasteiger charge is -2.14. The number of rotatable bonds is 7. The third-order valence-electron chi connectivity index (χ3n) is 5.06. The zero-order valence-electron chi connectivity index (χ0n) is 18.8. The summed E-state index contributed by atoms with van der Waals surface area (Å²) in [7, 11) is 3.78. The van der Waals surface area contributed by atoms with Crippen LogP contribution in [0.3, 0.4) is 0 Å². The van der Waals surface area contributed by atoms with Gasteiger partial charge in [-0.15, -0.1) is 18.3 Å². The predicted octanol–water partition coefficient (Wildman–Crippen LogP) is 3.15. The number of nitrogens with zero attached hydrogens (tertiary/aromatic N) is 5. The van der Waals surface area contributed by atoms with E-state index in [0.717, 1.165) is 16.8 Å². The number of halogens is 3. The highest BCUT2D eigenvalue weighted by molar-refractivity contribution is 5.92. The van der Waals surface area contributed by atoms with E-state index in [1.54, 1.807) is 24.3 Å². The minimum absolute atomic E-state index is 0.156. The van der Waals surface area contributed by atoms with Gasteiger partial charge in [0.15, 0.2) is 5.82 Å². The Morgan fingerprint density at radius 3 is 2.34 bits per heavy atom. The number of ether oxygens (including phenoxy) is 1. The molecule has 1 N–H and O–H groups in total. The molecular weight excluding hydrogens is 465 g/mol. The van der Waals surface area contributed by atoms with E-state index >= 15 is 0 Å². The molecule has 2 aromatic heterocycles. The lowest BCUT2D eigenvalue weighted by Crippen LogP contribution is -2.28. The van der Waals surface area contributed by atoms with E-state index < -0.39 is 17.7 Å². The largest absolute Gasteiger partial charge is 0.573 e. The number of likely N-dealkylation sites (N-methyl/N-ethyl adjacent to an activating group) is 1. The molecule has 4 aromatic rings. The molecule has 0 unspecified atom stereocenters. The van der Waals surface area contributed by atoms with E-state index in [4.69, 9.17) is 0 Å². The first-order valence-electron chi connectivity index (χ1n) is 10.5. The summed E-state index contributed by atoms with van der Waals surface area (Å²) < 4.78 is 43.8. The van der Waals surface area contributed by atoms with Crippen molar-refractivity contribution in [1.82, 2.24) is 24.2 Å². The smallest absolute Gasteiger partial charge is 0.406 e. The van der Waals surface area contributed by atoms with Gasteiger partial charge in [-0.1, -0.05) is 18.2 Å². The lowest BCUT2D eigenvalue weighted by atomic mass is 10.2. The monoisotopic (exact) mass is 486 g/mol. The van der Waals surface area contributed by atoms with Crippen molar-refractivity contribution in [1.29, 1.82) is 0 Å². The molecule has 182 valence electrons. The van der Waals surface area contributed by atoms with Crippen LogP contribution in [0.2, 0.25) is 0 Å². The summed E-state index contributed by atoms with van der Waals surface area (Å²) in [5.74, 6) is -0.220. The zero-order chi connectivity index (χ0) is 25.2. The molecule has 0 aliphatic rings. The normalized spacial score (nSPS) is 11.7. The van der Waals surface area contributed by atoms with Crippen LogP contribution in [0, 0.1) is 0 Å². The van der Waals surface area contributed by atoms with Crippen molar-refractivity contribution in [2.75, 3.05) is 26.0 Å². The molecule has 4 rings (SSSR count). The Hall–Kier alpha value is -4.19. The molecule has 0 saturated heterocycles. The van der Waals surface area contributed by atoms with Crippen molar-refractivity contribution in [3.63, 3.8) is 0 Å². The van der Waals surface area contributed by atoms with Crippen LogP contribution in [0.5, 0.6) is 5.75 Å². The highest BCUT2D eigenvalue weighted by Gasteiger charge is 2.31. The molecule has 0 amide bonds. The Bertz CT molecular complexity index is 1460. The highest BCUT2D eigenvalue weighted by Crippen LogP contribution is 2.25. The second kappa shape index (κ2) is 9.58. The number of fused-ring (bicyclic) bond motifs is 1. The van der Waals surface area contributed by atoms with Crippen LogP contribution in [0.1, 0.15) is 0 Å². The van der Waals surface area contributed by atoms with Crippen LogP contribution in [0.15, 0.2) is 70.6 Å². The van der Waals surface area contributed by atoms with E-state index in [9.17, 15) is 22.8 Å². The van der Waals surface area contributed by atoms with Crippen LogP contribution in [-0.2, 0) is 6.54 Å². The van der Waals surface area contributed by atoms with Gasteiger partial charge >= 0.3 is 6.36 Å². The average molecular weight is 486 g/mol. The van der Waals surface area contributed by atoms with Crippen molar-refractivity contribution in [3.8, 4) is 11.4 Å². The molecule has 2 heterocycles. The Labute approximate surface area is 197 Å². The molecule has 12 heteroatoms. The van der Waals surface area contributed by atoms with E-state index in [1.165, 1.54) is 29.2 Å². The van der Waals surface area contributed by atoms with E-state index in [0.29, 0.717) is 23.9 Å². The molecule has 9 nitrogen and oxygen atoms in total. The van der Waals surface area contributed by atoms with Gasteiger partial charge in [-0.25, -0.2) is 4.98 Å². The van der Waals surface area contributed by atoms with Gasteiger partial charge < -0.3 is 15.0 Å². The fourth-order valence-electron chi connectivity index (χ4n) is 3.38. The van der Waals surface area contributed by atoms with Gasteiger partial charge in [0.25, 0.3) is 11.1 Å². The third-order valence-corrected chi connectivity index (χ3v) is 5.06. The Balaban J connectivity index is 1.76. The minimum Gasteiger partial charge on any atom is -0.406 e. The van der Waals surface area contributed by atoms with Gasteiger partial charge in [0, 0.05) is 18.5 Å². The summed E-state index contributed by atoms with van der Waals surface area (Å²) in [5, 5.41) is 8.10. The maximum absolute atomic E-state index is 13.1. The first kappa shape index (κ1) is 24.0. The standard InChI is InChI=1S/C23H21F3N6O3/c1-30(2)11-12-31-14-27-13-19(22(31)34)28-20-17-5-3-4-6-18(17)21(33)32(29-20)15-7-9-16(10-8-15)35-23(24,25)26/h3-10,13-14H,11-12H2,1-2H3,(H,28,29). The molecule has 35 heavy (non-hydrogen) atoms. The summed E-state index contributed by atoms with van der Waals surface area (Å²) in [6.07, 6.45) is -2.03. The Kier molecular flexibility index (Phi) is 6.56. The van der Waals surface area contributed by atoms with Gasteiger partial charge in [-0.3, -0.25) is 14.2 Å². The van der Waals surface area contributed by atoms with Crippen molar-refractivity contribution in [2.24, 2.45) is 0 Å². The van der Waals surface area contributed by atoms with Crippen molar-refractivity contribution in [3.05, 3.63) is 81.8 Å². The van der Waals surface area contributed by atoms with Crippen molar-refractivity contribution in [2.45, 2.75) is 12.9 Å². The number of nitrogens with one attached hydrogen (secondary N) is 1.